The number of nitrogen functional groups attached to an aromatic ring is 1. The van der Waals surface area contributed by atoms with Crippen LogP contribution in [0.25, 0.3) is 0 Å². The largest absolute Gasteiger partial charge is 0.461 e. The van der Waals surface area contributed by atoms with Crippen LogP contribution < -0.4 is 5.73 Å². The minimum atomic E-state index is -0.373. The molecule has 1 heterocycles. The van der Waals surface area contributed by atoms with Gasteiger partial charge in [-0.2, -0.15) is 5.10 Å². The van der Waals surface area contributed by atoms with E-state index >= 15 is 0 Å². The van der Waals surface area contributed by atoms with Crippen LogP contribution in [0, 0.1) is 6.92 Å². The van der Waals surface area contributed by atoms with E-state index < -0.39 is 0 Å². The van der Waals surface area contributed by atoms with E-state index in [1.54, 1.807) is 18.5 Å². The number of ether oxygens (including phenoxy) is 1. The topological polar surface area (TPSA) is 70.1 Å². The first-order valence-electron chi connectivity index (χ1n) is 5.16. The maximum absolute atomic E-state index is 11.7. The fourth-order valence-electron chi connectivity index (χ4n) is 1.55. The number of esters is 1. The molecule has 0 radical (unpaired) electrons. The third kappa shape index (κ3) is 1.69. The van der Waals surface area contributed by atoms with Crippen molar-refractivity contribution >= 4 is 11.7 Å². The number of hydrogen-bond donors (Lipinski definition) is 1. The number of aromatic nitrogens is 2. The highest BCUT2D eigenvalue weighted by atomic mass is 16.5. The molecule has 15 heavy (non-hydrogen) atoms. The van der Waals surface area contributed by atoms with Crippen molar-refractivity contribution in [3.05, 3.63) is 11.4 Å². The number of anilines is 1. The molecule has 0 unspecified atom stereocenters. The average molecular weight is 209 g/mol. The van der Waals surface area contributed by atoms with Crippen molar-refractivity contribution in [1.29, 1.82) is 0 Å². The van der Waals surface area contributed by atoms with E-state index in [0.717, 1.165) is 12.8 Å². The summed E-state index contributed by atoms with van der Waals surface area (Å²) >= 11 is 0. The molecule has 0 amide bonds. The Bertz CT molecular complexity index is 394. The molecule has 1 aromatic heterocycles. The first-order valence-corrected chi connectivity index (χ1v) is 5.16. The summed E-state index contributed by atoms with van der Waals surface area (Å²) in [6.07, 6.45) is 2.12. The summed E-state index contributed by atoms with van der Waals surface area (Å²) in [6.45, 7) is 3.93. The van der Waals surface area contributed by atoms with Crippen molar-refractivity contribution < 1.29 is 9.53 Å². The summed E-state index contributed by atoms with van der Waals surface area (Å²) in [5.41, 5.74) is 7.37. The molecule has 1 saturated carbocycles. The highest BCUT2D eigenvalue weighted by molar-refractivity contribution is 5.93. The lowest BCUT2D eigenvalue weighted by atomic mass is 10.3. The van der Waals surface area contributed by atoms with E-state index in [1.807, 2.05) is 0 Å². The summed E-state index contributed by atoms with van der Waals surface area (Å²) in [6, 6.07) is 0.334. The molecule has 1 aliphatic rings. The van der Waals surface area contributed by atoms with Crippen LogP contribution in [0.15, 0.2) is 0 Å². The van der Waals surface area contributed by atoms with Crippen molar-refractivity contribution in [1.82, 2.24) is 9.78 Å². The Kier molecular flexibility index (Phi) is 2.38. The quantitative estimate of drug-likeness (QED) is 0.761. The maximum atomic E-state index is 11.7. The number of rotatable bonds is 3. The number of hydrogen-bond acceptors (Lipinski definition) is 4. The standard InChI is InChI=1S/C10H15N3O2/c1-3-15-10(14)9-8(11)6(2)12-13(9)7-4-5-7/h7H,3-5,11H2,1-2H3. The zero-order valence-electron chi connectivity index (χ0n) is 8.99. The first kappa shape index (κ1) is 10.0. The minimum absolute atomic E-state index is 0.334. The molecule has 1 fully saturated rings. The van der Waals surface area contributed by atoms with E-state index in [9.17, 15) is 4.79 Å². The van der Waals surface area contributed by atoms with Crippen molar-refractivity contribution in [2.75, 3.05) is 12.3 Å². The van der Waals surface area contributed by atoms with Gasteiger partial charge in [-0.15, -0.1) is 0 Å². The van der Waals surface area contributed by atoms with Crippen LogP contribution in [0.1, 0.15) is 42.0 Å². The maximum Gasteiger partial charge on any atom is 0.358 e. The van der Waals surface area contributed by atoms with Gasteiger partial charge in [0.1, 0.15) is 0 Å². The highest BCUT2D eigenvalue weighted by Gasteiger charge is 2.31. The van der Waals surface area contributed by atoms with Crippen molar-refractivity contribution in [2.24, 2.45) is 0 Å². The molecule has 2 N–H and O–H groups in total. The van der Waals surface area contributed by atoms with E-state index in [0.29, 0.717) is 29.7 Å². The molecular formula is C10H15N3O2. The fourth-order valence-corrected chi connectivity index (χ4v) is 1.55. The third-order valence-electron chi connectivity index (χ3n) is 2.49. The number of nitrogens with two attached hydrogens (primary N) is 1. The Balaban J connectivity index is 2.38. The van der Waals surface area contributed by atoms with Gasteiger partial charge in [-0.3, -0.25) is 4.68 Å². The van der Waals surface area contributed by atoms with Gasteiger partial charge in [-0.25, -0.2) is 4.79 Å². The minimum Gasteiger partial charge on any atom is -0.461 e. The zero-order valence-corrected chi connectivity index (χ0v) is 8.99. The van der Waals surface area contributed by atoms with Gasteiger partial charge in [-0.05, 0) is 26.7 Å². The van der Waals surface area contributed by atoms with Gasteiger partial charge in [0.2, 0.25) is 0 Å². The molecule has 0 saturated heterocycles. The number of nitrogens with zero attached hydrogens (tertiary/aromatic N) is 2. The summed E-state index contributed by atoms with van der Waals surface area (Å²) in [7, 11) is 0. The molecule has 5 nitrogen and oxygen atoms in total. The molecule has 0 atom stereocenters. The molecule has 5 heteroatoms. The van der Waals surface area contributed by atoms with Crippen molar-refractivity contribution in [3.63, 3.8) is 0 Å². The summed E-state index contributed by atoms with van der Waals surface area (Å²) in [5.74, 6) is -0.373. The second-order valence-electron chi connectivity index (χ2n) is 3.74. The van der Waals surface area contributed by atoms with Crippen LogP contribution in [0.2, 0.25) is 0 Å². The molecule has 1 aromatic rings. The van der Waals surface area contributed by atoms with Crippen LogP contribution in [-0.2, 0) is 4.74 Å². The fraction of sp³-hybridized carbons (Fsp3) is 0.600. The van der Waals surface area contributed by atoms with E-state index in [1.165, 1.54) is 0 Å². The Hall–Kier alpha value is -1.52. The number of aryl methyl sites for hydroxylation is 1. The lowest BCUT2D eigenvalue weighted by Gasteiger charge is -2.05. The normalized spacial score (nSPS) is 15.3. The van der Waals surface area contributed by atoms with E-state index in [2.05, 4.69) is 5.10 Å². The monoisotopic (exact) mass is 209 g/mol. The Morgan fingerprint density at radius 1 is 1.67 bits per heavy atom. The van der Waals surface area contributed by atoms with Crippen LogP contribution in [0.5, 0.6) is 0 Å². The predicted molar refractivity (Wildman–Crippen MR) is 55.6 cm³/mol. The van der Waals surface area contributed by atoms with E-state index in [-0.39, 0.29) is 5.97 Å². The van der Waals surface area contributed by atoms with E-state index in [4.69, 9.17) is 10.5 Å². The third-order valence-corrected chi connectivity index (χ3v) is 2.49. The summed E-state index contributed by atoms with van der Waals surface area (Å²) in [4.78, 5) is 11.7. The lowest BCUT2D eigenvalue weighted by Crippen LogP contribution is -2.14. The smallest absolute Gasteiger partial charge is 0.358 e. The summed E-state index contributed by atoms with van der Waals surface area (Å²) < 4.78 is 6.67. The van der Waals surface area contributed by atoms with Gasteiger partial charge < -0.3 is 10.5 Å². The second-order valence-corrected chi connectivity index (χ2v) is 3.74. The average Bonchev–Trinajstić information content (AvgIpc) is 2.96. The molecule has 0 aromatic carbocycles. The Morgan fingerprint density at radius 2 is 2.33 bits per heavy atom. The number of carbonyl (C=O) groups is 1. The predicted octanol–water partition coefficient (Wildman–Crippen LogP) is 1.29. The molecule has 2 rings (SSSR count). The van der Waals surface area contributed by atoms with Gasteiger partial charge in [0, 0.05) is 0 Å². The number of carbonyl (C=O) groups excluding carboxylic acids is 1. The van der Waals surface area contributed by atoms with Crippen molar-refractivity contribution in [2.45, 2.75) is 32.7 Å². The first-order chi connectivity index (χ1) is 7.15. The summed E-state index contributed by atoms with van der Waals surface area (Å²) in [5, 5.41) is 4.27. The van der Waals surface area contributed by atoms with Crippen LogP contribution in [0.3, 0.4) is 0 Å². The van der Waals surface area contributed by atoms with Crippen molar-refractivity contribution in [3.8, 4) is 0 Å². The lowest BCUT2D eigenvalue weighted by molar-refractivity contribution is 0.0513. The Labute approximate surface area is 88.2 Å². The molecule has 0 bridgehead atoms. The van der Waals surface area contributed by atoms with Crippen LogP contribution >= 0.6 is 0 Å². The molecule has 82 valence electrons. The second kappa shape index (κ2) is 3.56. The van der Waals surface area contributed by atoms with Gasteiger partial charge in [0.05, 0.1) is 24.0 Å². The van der Waals surface area contributed by atoms with Gasteiger partial charge in [-0.1, -0.05) is 0 Å². The van der Waals surface area contributed by atoms with Gasteiger partial charge in [0.25, 0.3) is 0 Å². The molecule has 0 aliphatic heterocycles. The molecule has 0 spiro atoms. The van der Waals surface area contributed by atoms with Crippen LogP contribution in [0.4, 0.5) is 5.69 Å². The van der Waals surface area contributed by atoms with Crippen LogP contribution in [-0.4, -0.2) is 22.4 Å². The SMILES string of the molecule is CCOC(=O)c1c(N)c(C)nn1C1CC1. The van der Waals surface area contributed by atoms with Gasteiger partial charge in [0.15, 0.2) is 5.69 Å². The molecular weight excluding hydrogens is 194 g/mol. The Morgan fingerprint density at radius 3 is 2.87 bits per heavy atom. The molecule has 1 aliphatic carbocycles. The van der Waals surface area contributed by atoms with Gasteiger partial charge >= 0.3 is 5.97 Å². The highest BCUT2D eigenvalue weighted by Crippen LogP contribution is 2.37. The zero-order chi connectivity index (χ0) is 11.0.